The standard InChI is InChI=1S/C15H22N2O2/c1-2-17-15(18)13-8-7-12(16)9-14(13)19-10-11-5-3-4-6-11/h7-9,11H,2-6,10,16H2,1H3,(H,17,18). The number of benzene rings is 1. The van der Waals surface area contributed by atoms with Crippen molar-refractivity contribution in [3.8, 4) is 5.75 Å². The van der Waals surface area contributed by atoms with Gasteiger partial charge in [0, 0.05) is 18.3 Å². The molecule has 0 bridgehead atoms. The summed E-state index contributed by atoms with van der Waals surface area (Å²) >= 11 is 0. The SMILES string of the molecule is CCNC(=O)c1ccc(N)cc1OCC1CCCC1. The Morgan fingerprint density at radius 3 is 2.84 bits per heavy atom. The zero-order valence-electron chi connectivity index (χ0n) is 11.4. The van der Waals surface area contributed by atoms with Crippen LogP contribution in [0.2, 0.25) is 0 Å². The zero-order chi connectivity index (χ0) is 13.7. The molecule has 4 heteroatoms. The van der Waals surface area contributed by atoms with Gasteiger partial charge in [0.2, 0.25) is 0 Å². The van der Waals surface area contributed by atoms with Crippen molar-refractivity contribution in [3.63, 3.8) is 0 Å². The summed E-state index contributed by atoms with van der Waals surface area (Å²) in [5.41, 5.74) is 6.96. The van der Waals surface area contributed by atoms with Crippen molar-refractivity contribution in [1.29, 1.82) is 0 Å². The largest absolute Gasteiger partial charge is 0.492 e. The molecular formula is C15H22N2O2. The number of nitrogens with one attached hydrogen (secondary N) is 1. The van der Waals surface area contributed by atoms with Crippen molar-refractivity contribution in [2.24, 2.45) is 5.92 Å². The summed E-state index contributed by atoms with van der Waals surface area (Å²) in [4.78, 5) is 11.9. The van der Waals surface area contributed by atoms with E-state index in [0.29, 0.717) is 36.1 Å². The fourth-order valence-corrected chi connectivity index (χ4v) is 2.49. The van der Waals surface area contributed by atoms with Crippen LogP contribution in [0.25, 0.3) is 0 Å². The van der Waals surface area contributed by atoms with E-state index in [-0.39, 0.29) is 5.91 Å². The van der Waals surface area contributed by atoms with Crippen molar-refractivity contribution >= 4 is 11.6 Å². The molecule has 1 saturated carbocycles. The van der Waals surface area contributed by atoms with Gasteiger partial charge in [0.25, 0.3) is 5.91 Å². The third-order valence-electron chi connectivity index (χ3n) is 3.54. The number of carbonyl (C=O) groups is 1. The molecule has 1 aromatic carbocycles. The second-order valence-electron chi connectivity index (χ2n) is 5.08. The molecule has 104 valence electrons. The Kier molecular flexibility index (Phi) is 4.66. The molecule has 0 heterocycles. The second-order valence-corrected chi connectivity index (χ2v) is 5.08. The quantitative estimate of drug-likeness (QED) is 0.802. The second kappa shape index (κ2) is 6.45. The van der Waals surface area contributed by atoms with E-state index in [1.54, 1.807) is 18.2 Å². The lowest BCUT2D eigenvalue weighted by molar-refractivity contribution is 0.0951. The first-order chi connectivity index (χ1) is 9.20. The first-order valence-electron chi connectivity index (χ1n) is 7.01. The molecule has 0 saturated heterocycles. The summed E-state index contributed by atoms with van der Waals surface area (Å²) < 4.78 is 5.83. The van der Waals surface area contributed by atoms with E-state index in [0.717, 1.165) is 0 Å². The Balaban J connectivity index is 2.07. The number of carbonyl (C=O) groups excluding carboxylic acids is 1. The average molecular weight is 262 g/mol. The molecular weight excluding hydrogens is 240 g/mol. The summed E-state index contributed by atoms with van der Waals surface area (Å²) in [6.45, 7) is 3.18. The van der Waals surface area contributed by atoms with Crippen molar-refractivity contribution in [2.75, 3.05) is 18.9 Å². The van der Waals surface area contributed by atoms with Crippen molar-refractivity contribution < 1.29 is 9.53 Å². The Hall–Kier alpha value is -1.71. The number of amides is 1. The summed E-state index contributed by atoms with van der Waals surface area (Å²) in [7, 11) is 0. The lowest BCUT2D eigenvalue weighted by Gasteiger charge is -2.15. The molecule has 0 aromatic heterocycles. The lowest BCUT2D eigenvalue weighted by Crippen LogP contribution is -2.23. The molecule has 1 amide bonds. The van der Waals surface area contributed by atoms with Crippen LogP contribution in [0, 0.1) is 5.92 Å². The van der Waals surface area contributed by atoms with Crippen LogP contribution in [-0.2, 0) is 0 Å². The van der Waals surface area contributed by atoms with Crippen molar-refractivity contribution in [1.82, 2.24) is 5.32 Å². The molecule has 0 unspecified atom stereocenters. The predicted octanol–water partition coefficient (Wildman–Crippen LogP) is 2.59. The van der Waals surface area contributed by atoms with Gasteiger partial charge < -0.3 is 15.8 Å². The fraction of sp³-hybridized carbons (Fsp3) is 0.533. The van der Waals surface area contributed by atoms with Crippen LogP contribution < -0.4 is 15.8 Å². The average Bonchev–Trinajstić information content (AvgIpc) is 2.89. The van der Waals surface area contributed by atoms with Crippen LogP contribution in [0.3, 0.4) is 0 Å². The van der Waals surface area contributed by atoms with E-state index in [1.807, 2.05) is 6.92 Å². The third-order valence-corrected chi connectivity index (χ3v) is 3.54. The number of nitrogens with two attached hydrogens (primary N) is 1. The molecule has 0 spiro atoms. The molecule has 0 aliphatic heterocycles. The van der Waals surface area contributed by atoms with Gasteiger partial charge in [-0.3, -0.25) is 4.79 Å². The van der Waals surface area contributed by atoms with Crippen molar-refractivity contribution in [2.45, 2.75) is 32.6 Å². The number of hydrogen-bond acceptors (Lipinski definition) is 3. The molecule has 4 nitrogen and oxygen atoms in total. The number of rotatable bonds is 5. The summed E-state index contributed by atoms with van der Waals surface area (Å²) in [6, 6.07) is 5.19. The van der Waals surface area contributed by atoms with Gasteiger partial charge in [0.15, 0.2) is 0 Å². The maximum atomic E-state index is 11.9. The number of ether oxygens (including phenoxy) is 1. The van der Waals surface area contributed by atoms with Gasteiger partial charge in [-0.25, -0.2) is 0 Å². The van der Waals surface area contributed by atoms with Gasteiger partial charge in [-0.1, -0.05) is 12.8 Å². The Morgan fingerprint density at radius 1 is 1.42 bits per heavy atom. The normalized spacial score (nSPS) is 15.4. The number of hydrogen-bond donors (Lipinski definition) is 2. The minimum atomic E-state index is -0.107. The molecule has 0 radical (unpaired) electrons. The van der Waals surface area contributed by atoms with Gasteiger partial charge in [-0.15, -0.1) is 0 Å². The molecule has 1 aliphatic carbocycles. The van der Waals surface area contributed by atoms with E-state index in [4.69, 9.17) is 10.5 Å². The van der Waals surface area contributed by atoms with E-state index < -0.39 is 0 Å². The number of anilines is 1. The van der Waals surface area contributed by atoms with Crippen LogP contribution >= 0.6 is 0 Å². The van der Waals surface area contributed by atoms with Crippen LogP contribution in [0.5, 0.6) is 5.75 Å². The lowest BCUT2D eigenvalue weighted by atomic mass is 10.1. The Morgan fingerprint density at radius 2 is 2.16 bits per heavy atom. The maximum absolute atomic E-state index is 11.9. The van der Waals surface area contributed by atoms with Crippen LogP contribution in [-0.4, -0.2) is 19.1 Å². The predicted molar refractivity (Wildman–Crippen MR) is 76.3 cm³/mol. The van der Waals surface area contributed by atoms with E-state index in [2.05, 4.69) is 5.32 Å². The molecule has 1 aromatic rings. The molecule has 0 atom stereocenters. The van der Waals surface area contributed by atoms with Gasteiger partial charge in [0.1, 0.15) is 5.75 Å². The molecule has 19 heavy (non-hydrogen) atoms. The van der Waals surface area contributed by atoms with E-state index in [1.165, 1.54) is 25.7 Å². The maximum Gasteiger partial charge on any atom is 0.255 e. The molecule has 1 fully saturated rings. The molecule has 1 aliphatic rings. The van der Waals surface area contributed by atoms with Gasteiger partial charge in [-0.05, 0) is 37.8 Å². The topological polar surface area (TPSA) is 64.4 Å². The molecule has 3 N–H and O–H groups in total. The van der Waals surface area contributed by atoms with Crippen LogP contribution in [0.4, 0.5) is 5.69 Å². The summed E-state index contributed by atoms with van der Waals surface area (Å²) in [5.74, 6) is 1.10. The Labute approximate surface area is 114 Å². The molecule has 2 rings (SSSR count). The number of nitrogen functional groups attached to an aromatic ring is 1. The zero-order valence-corrected chi connectivity index (χ0v) is 11.4. The minimum absolute atomic E-state index is 0.107. The highest BCUT2D eigenvalue weighted by molar-refractivity contribution is 5.97. The summed E-state index contributed by atoms with van der Waals surface area (Å²) in [5, 5.41) is 2.79. The first-order valence-corrected chi connectivity index (χ1v) is 7.01. The minimum Gasteiger partial charge on any atom is -0.492 e. The highest BCUT2D eigenvalue weighted by Gasteiger charge is 2.18. The third kappa shape index (κ3) is 3.63. The smallest absolute Gasteiger partial charge is 0.255 e. The van der Waals surface area contributed by atoms with E-state index in [9.17, 15) is 4.79 Å². The van der Waals surface area contributed by atoms with Gasteiger partial charge in [-0.2, -0.15) is 0 Å². The fourth-order valence-electron chi connectivity index (χ4n) is 2.49. The Bertz CT molecular complexity index is 440. The highest BCUT2D eigenvalue weighted by atomic mass is 16.5. The van der Waals surface area contributed by atoms with Crippen LogP contribution in [0.1, 0.15) is 43.0 Å². The van der Waals surface area contributed by atoms with Gasteiger partial charge >= 0.3 is 0 Å². The first kappa shape index (κ1) is 13.7. The van der Waals surface area contributed by atoms with Crippen LogP contribution in [0.15, 0.2) is 18.2 Å². The van der Waals surface area contributed by atoms with E-state index >= 15 is 0 Å². The monoisotopic (exact) mass is 262 g/mol. The summed E-state index contributed by atoms with van der Waals surface area (Å²) in [6.07, 6.45) is 5.01. The van der Waals surface area contributed by atoms with Gasteiger partial charge in [0.05, 0.1) is 12.2 Å². The van der Waals surface area contributed by atoms with Crippen molar-refractivity contribution in [3.05, 3.63) is 23.8 Å². The highest BCUT2D eigenvalue weighted by Crippen LogP contribution is 2.27.